The molecule has 0 radical (unpaired) electrons. The number of rotatable bonds is 2. The quantitative estimate of drug-likeness (QED) is 0.472. The van der Waals surface area contributed by atoms with Crippen molar-refractivity contribution in [1.82, 2.24) is 15.7 Å². The zero-order chi connectivity index (χ0) is 10.0. The number of hydroxylamine groups is 1. The zero-order valence-electron chi connectivity index (χ0n) is 7.88. The van der Waals surface area contributed by atoms with Crippen LogP contribution in [0.2, 0.25) is 0 Å². The maximum atomic E-state index is 11.2. The van der Waals surface area contributed by atoms with Gasteiger partial charge < -0.3 is 0 Å². The number of nitrogens with zero attached hydrogens (tertiary/aromatic N) is 1. The number of aromatic nitrogens is 2. The SMILES string of the molecule is Cc1[nH]nc(C(C)C)c1C(=O)NO. The second-order valence-corrected chi connectivity index (χ2v) is 3.20. The molecule has 72 valence electrons. The van der Waals surface area contributed by atoms with Gasteiger partial charge in [0.1, 0.15) is 0 Å². The number of aryl methyl sites for hydroxylation is 1. The first kappa shape index (κ1) is 9.73. The van der Waals surface area contributed by atoms with Gasteiger partial charge in [0.2, 0.25) is 0 Å². The first-order chi connectivity index (χ1) is 6.07. The van der Waals surface area contributed by atoms with E-state index in [2.05, 4.69) is 10.2 Å². The third-order valence-corrected chi connectivity index (χ3v) is 1.85. The summed E-state index contributed by atoms with van der Waals surface area (Å²) in [5, 5.41) is 15.2. The number of hydrogen-bond acceptors (Lipinski definition) is 3. The van der Waals surface area contributed by atoms with Crippen molar-refractivity contribution in [2.75, 3.05) is 0 Å². The highest BCUT2D eigenvalue weighted by molar-refractivity contribution is 5.95. The Labute approximate surface area is 76.1 Å². The van der Waals surface area contributed by atoms with Gasteiger partial charge in [-0.2, -0.15) is 5.10 Å². The largest absolute Gasteiger partial charge is 0.288 e. The molecule has 0 saturated heterocycles. The Hall–Kier alpha value is -1.36. The first-order valence-corrected chi connectivity index (χ1v) is 4.07. The van der Waals surface area contributed by atoms with Crippen molar-refractivity contribution in [3.05, 3.63) is 17.0 Å². The molecule has 13 heavy (non-hydrogen) atoms. The highest BCUT2D eigenvalue weighted by atomic mass is 16.5. The Morgan fingerprint density at radius 3 is 2.69 bits per heavy atom. The Kier molecular flexibility index (Phi) is 2.67. The van der Waals surface area contributed by atoms with E-state index in [4.69, 9.17) is 5.21 Å². The molecule has 1 rings (SSSR count). The minimum atomic E-state index is -0.519. The highest BCUT2D eigenvalue weighted by Crippen LogP contribution is 2.18. The van der Waals surface area contributed by atoms with E-state index in [9.17, 15) is 4.79 Å². The molecule has 1 aromatic rings. The topological polar surface area (TPSA) is 78.0 Å². The second kappa shape index (κ2) is 3.57. The lowest BCUT2D eigenvalue weighted by Gasteiger charge is -2.03. The van der Waals surface area contributed by atoms with Crippen LogP contribution >= 0.6 is 0 Å². The summed E-state index contributed by atoms with van der Waals surface area (Å²) >= 11 is 0. The molecule has 1 heterocycles. The van der Waals surface area contributed by atoms with Crippen LogP contribution in [0.3, 0.4) is 0 Å². The van der Waals surface area contributed by atoms with Crippen LogP contribution in [0.4, 0.5) is 0 Å². The van der Waals surface area contributed by atoms with Crippen LogP contribution in [-0.4, -0.2) is 21.3 Å². The second-order valence-electron chi connectivity index (χ2n) is 3.20. The fraction of sp³-hybridized carbons (Fsp3) is 0.500. The lowest BCUT2D eigenvalue weighted by molar-refractivity contribution is 0.0704. The van der Waals surface area contributed by atoms with Crippen LogP contribution in [0.1, 0.15) is 41.5 Å². The Balaban J connectivity index is 3.16. The average molecular weight is 183 g/mol. The van der Waals surface area contributed by atoms with Gasteiger partial charge in [-0.05, 0) is 12.8 Å². The smallest absolute Gasteiger partial charge is 0.278 e. The van der Waals surface area contributed by atoms with E-state index in [1.54, 1.807) is 12.4 Å². The van der Waals surface area contributed by atoms with Gasteiger partial charge in [0.05, 0.1) is 11.3 Å². The summed E-state index contributed by atoms with van der Waals surface area (Å²) in [5.74, 6) is -0.368. The summed E-state index contributed by atoms with van der Waals surface area (Å²) in [6.45, 7) is 5.61. The predicted octanol–water partition coefficient (Wildman–Crippen LogP) is 0.961. The maximum absolute atomic E-state index is 11.2. The molecular weight excluding hydrogens is 170 g/mol. The number of carbonyl (C=O) groups excluding carboxylic acids is 1. The van der Waals surface area contributed by atoms with Crippen LogP contribution in [0.15, 0.2) is 0 Å². The molecule has 0 spiro atoms. The number of amides is 1. The van der Waals surface area contributed by atoms with Crippen LogP contribution in [-0.2, 0) is 0 Å². The fourth-order valence-corrected chi connectivity index (χ4v) is 1.21. The molecule has 0 unspecified atom stereocenters. The van der Waals surface area contributed by atoms with Gasteiger partial charge in [0.25, 0.3) is 5.91 Å². The monoisotopic (exact) mass is 183 g/mol. The molecule has 0 saturated carbocycles. The van der Waals surface area contributed by atoms with E-state index >= 15 is 0 Å². The van der Waals surface area contributed by atoms with E-state index in [0.717, 1.165) is 0 Å². The van der Waals surface area contributed by atoms with Crippen LogP contribution in [0, 0.1) is 6.92 Å². The minimum Gasteiger partial charge on any atom is -0.288 e. The maximum Gasteiger partial charge on any atom is 0.278 e. The molecule has 5 heteroatoms. The standard InChI is InChI=1S/C8H13N3O2/c1-4(2)7-6(8(12)11-13)5(3)9-10-7/h4,13H,1-3H3,(H,9,10)(H,11,12). The summed E-state index contributed by atoms with van der Waals surface area (Å²) in [5.41, 5.74) is 3.37. The lowest BCUT2D eigenvalue weighted by atomic mass is 10.0. The van der Waals surface area contributed by atoms with Crippen molar-refractivity contribution in [2.24, 2.45) is 0 Å². The molecule has 3 N–H and O–H groups in total. The molecule has 0 aliphatic carbocycles. The van der Waals surface area contributed by atoms with Crippen molar-refractivity contribution in [3.8, 4) is 0 Å². The van der Waals surface area contributed by atoms with Gasteiger partial charge >= 0.3 is 0 Å². The van der Waals surface area contributed by atoms with Crippen molar-refractivity contribution in [1.29, 1.82) is 0 Å². The van der Waals surface area contributed by atoms with Crippen molar-refractivity contribution < 1.29 is 10.0 Å². The third kappa shape index (κ3) is 1.70. The first-order valence-electron chi connectivity index (χ1n) is 4.07. The predicted molar refractivity (Wildman–Crippen MR) is 46.7 cm³/mol. The van der Waals surface area contributed by atoms with Crippen molar-refractivity contribution in [2.45, 2.75) is 26.7 Å². The zero-order valence-corrected chi connectivity index (χ0v) is 7.88. The number of aromatic amines is 1. The lowest BCUT2D eigenvalue weighted by Crippen LogP contribution is -2.20. The average Bonchev–Trinajstić information content (AvgIpc) is 2.46. The molecule has 0 aromatic carbocycles. The molecule has 1 aromatic heterocycles. The van der Waals surface area contributed by atoms with Gasteiger partial charge in [0, 0.05) is 5.69 Å². The summed E-state index contributed by atoms with van der Waals surface area (Å²) in [7, 11) is 0. The molecular formula is C8H13N3O2. The highest BCUT2D eigenvalue weighted by Gasteiger charge is 2.19. The fourth-order valence-electron chi connectivity index (χ4n) is 1.21. The number of nitrogens with one attached hydrogen (secondary N) is 2. The van der Waals surface area contributed by atoms with E-state index in [-0.39, 0.29) is 5.92 Å². The summed E-state index contributed by atoms with van der Waals surface area (Å²) in [6, 6.07) is 0. The van der Waals surface area contributed by atoms with E-state index in [0.29, 0.717) is 17.0 Å². The number of hydrogen-bond donors (Lipinski definition) is 3. The van der Waals surface area contributed by atoms with Gasteiger partial charge in [-0.25, -0.2) is 5.48 Å². The van der Waals surface area contributed by atoms with E-state index in [1.807, 2.05) is 13.8 Å². The Morgan fingerprint density at radius 2 is 2.23 bits per heavy atom. The summed E-state index contributed by atoms with van der Waals surface area (Å²) in [6.07, 6.45) is 0. The molecule has 0 atom stereocenters. The number of carbonyl (C=O) groups is 1. The summed E-state index contributed by atoms with van der Waals surface area (Å²) < 4.78 is 0. The summed E-state index contributed by atoms with van der Waals surface area (Å²) in [4.78, 5) is 11.2. The van der Waals surface area contributed by atoms with Crippen LogP contribution < -0.4 is 5.48 Å². The van der Waals surface area contributed by atoms with Gasteiger partial charge in [-0.3, -0.25) is 15.1 Å². The van der Waals surface area contributed by atoms with Gasteiger partial charge in [0.15, 0.2) is 0 Å². The molecule has 5 nitrogen and oxygen atoms in total. The van der Waals surface area contributed by atoms with Crippen LogP contribution in [0.25, 0.3) is 0 Å². The van der Waals surface area contributed by atoms with E-state index in [1.165, 1.54) is 0 Å². The molecule has 0 aliphatic heterocycles. The molecule has 0 fully saturated rings. The molecule has 1 amide bonds. The molecule has 0 aliphatic rings. The van der Waals surface area contributed by atoms with Gasteiger partial charge in [-0.15, -0.1) is 0 Å². The van der Waals surface area contributed by atoms with Crippen molar-refractivity contribution in [3.63, 3.8) is 0 Å². The molecule has 0 bridgehead atoms. The minimum absolute atomic E-state index is 0.150. The van der Waals surface area contributed by atoms with Crippen molar-refractivity contribution >= 4 is 5.91 Å². The normalized spacial score (nSPS) is 10.5. The van der Waals surface area contributed by atoms with Gasteiger partial charge in [-0.1, -0.05) is 13.8 Å². The number of H-pyrrole nitrogens is 1. The van der Waals surface area contributed by atoms with E-state index < -0.39 is 5.91 Å². The Morgan fingerprint density at radius 1 is 1.62 bits per heavy atom. The Bertz CT molecular complexity index is 317. The third-order valence-electron chi connectivity index (χ3n) is 1.85. The van der Waals surface area contributed by atoms with Crippen LogP contribution in [0.5, 0.6) is 0 Å².